The van der Waals surface area contributed by atoms with Crippen molar-refractivity contribution in [2.45, 2.75) is 64.0 Å². The molecule has 10 heteroatoms. The van der Waals surface area contributed by atoms with E-state index in [0.29, 0.717) is 29.4 Å². The average Bonchev–Trinajstić information content (AvgIpc) is 3.39. The molecule has 0 radical (unpaired) electrons. The number of carbonyl (C=O) groups is 2. The monoisotopic (exact) mass is 563 g/mol. The van der Waals surface area contributed by atoms with Crippen molar-refractivity contribution in [2.75, 3.05) is 30.8 Å². The number of anilines is 1. The SMILES string of the molecule is COc1ccc(N(CCCC(=O)N(CCc2ccccc2)[C@@H](C)C(=O)NC2CCCC2)S(C)(=O)=O)cc1Cl. The van der Waals surface area contributed by atoms with Gasteiger partial charge in [0, 0.05) is 25.6 Å². The zero-order valence-electron chi connectivity index (χ0n) is 22.4. The first-order chi connectivity index (χ1) is 18.1. The number of halogens is 1. The molecule has 0 aliphatic heterocycles. The quantitative estimate of drug-likeness (QED) is 0.389. The van der Waals surface area contributed by atoms with Crippen LogP contribution < -0.4 is 14.4 Å². The maximum Gasteiger partial charge on any atom is 0.242 e. The van der Waals surface area contributed by atoms with E-state index >= 15 is 0 Å². The van der Waals surface area contributed by atoms with Gasteiger partial charge in [0.2, 0.25) is 21.8 Å². The molecule has 3 rings (SSSR count). The zero-order valence-corrected chi connectivity index (χ0v) is 23.9. The van der Waals surface area contributed by atoms with E-state index in [1.54, 1.807) is 24.0 Å². The predicted molar refractivity (Wildman–Crippen MR) is 151 cm³/mol. The van der Waals surface area contributed by atoms with E-state index in [-0.39, 0.29) is 37.2 Å². The number of rotatable bonds is 13. The van der Waals surface area contributed by atoms with Crippen LogP contribution in [0.4, 0.5) is 5.69 Å². The molecule has 2 aromatic rings. The Balaban J connectivity index is 1.68. The third kappa shape index (κ3) is 8.36. The second-order valence-corrected chi connectivity index (χ2v) is 12.1. The number of benzene rings is 2. The highest BCUT2D eigenvalue weighted by Gasteiger charge is 2.28. The van der Waals surface area contributed by atoms with Gasteiger partial charge in [-0.3, -0.25) is 13.9 Å². The van der Waals surface area contributed by atoms with Crippen LogP contribution in [0.25, 0.3) is 0 Å². The molecule has 0 aromatic heterocycles. The fourth-order valence-corrected chi connectivity index (χ4v) is 5.99. The van der Waals surface area contributed by atoms with Gasteiger partial charge >= 0.3 is 0 Å². The van der Waals surface area contributed by atoms with Crippen molar-refractivity contribution < 1.29 is 22.7 Å². The van der Waals surface area contributed by atoms with E-state index < -0.39 is 16.1 Å². The van der Waals surface area contributed by atoms with E-state index in [0.717, 1.165) is 37.5 Å². The van der Waals surface area contributed by atoms with Gasteiger partial charge in [-0.2, -0.15) is 0 Å². The van der Waals surface area contributed by atoms with E-state index in [2.05, 4.69) is 5.32 Å². The predicted octanol–water partition coefficient (Wildman–Crippen LogP) is 4.41. The number of amides is 2. The first kappa shape index (κ1) is 29.8. The smallest absolute Gasteiger partial charge is 0.242 e. The molecule has 0 unspecified atom stereocenters. The number of carbonyl (C=O) groups excluding carboxylic acids is 2. The van der Waals surface area contributed by atoms with Gasteiger partial charge < -0.3 is 15.0 Å². The molecular weight excluding hydrogens is 526 g/mol. The van der Waals surface area contributed by atoms with Crippen LogP contribution in [0.3, 0.4) is 0 Å². The summed E-state index contributed by atoms with van der Waals surface area (Å²) < 4.78 is 31.5. The van der Waals surface area contributed by atoms with Crippen molar-refractivity contribution in [2.24, 2.45) is 0 Å². The highest BCUT2D eigenvalue weighted by Crippen LogP contribution is 2.30. The lowest BCUT2D eigenvalue weighted by atomic mass is 10.1. The summed E-state index contributed by atoms with van der Waals surface area (Å²) in [6.45, 7) is 2.25. The number of hydrogen-bond donors (Lipinski definition) is 1. The Morgan fingerprint density at radius 1 is 1.11 bits per heavy atom. The molecule has 1 atom stereocenters. The van der Waals surface area contributed by atoms with Gasteiger partial charge in [0.25, 0.3) is 0 Å². The highest BCUT2D eigenvalue weighted by atomic mass is 35.5. The minimum atomic E-state index is -3.62. The summed E-state index contributed by atoms with van der Waals surface area (Å²) in [7, 11) is -2.13. The fourth-order valence-electron chi connectivity index (χ4n) is 4.78. The highest BCUT2D eigenvalue weighted by molar-refractivity contribution is 7.92. The lowest BCUT2D eigenvalue weighted by molar-refractivity contribution is -0.140. The van der Waals surface area contributed by atoms with Crippen molar-refractivity contribution in [3.05, 3.63) is 59.1 Å². The normalized spacial score (nSPS) is 14.6. The third-order valence-electron chi connectivity index (χ3n) is 6.93. The molecule has 2 aromatic carbocycles. The number of hydrogen-bond acceptors (Lipinski definition) is 5. The molecule has 1 saturated carbocycles. The van der Waals surface area contributed by atoms with E-state index in [1.165, 1.54) is 17.5 Å². The van der Waals surface area contributed by atoms with Crippen LogP contribution in [-0.4, -0.2) is 63.7 Å². The number of nitrogens with zero attached hydrogens (tertiary/aromatic N) is 2. The Hall–Kier alpha value is -2.78. The summed E-state index contributed by atoms with van der Waals surface area (Å²) in [5, 5.41) is 3.39. The summed E-state index contributed by atoms with van der Waals surface area (Å²) in [4.78, 5) is 28.0. The summed E-state index contributed by atoms with van der Waals surface area (Å²) in [5.74, 6) is 0.109. The first-order valence-electron chi connectivity index (χ1n) is 13.0. The Bertz CT molecular complexity index is 1190. The summed E-state index contributed by atoms with van der Waals surface area (Å²) >= 11 is 6.22. The van der Waals surface area contributed by atoms with Crippen LogP contribution in [0.1, 0.15) is 51.0 Å². The van der Waals surface area contributed by atoms with Gasteiger partial charge in [-0.1, -0.05) is 54.8 Å². The van der Waals surface area contributed by atoms with E-state index in [4.69, 9.17) is 16.3 Å². The average molecular weight is 564 g/mol. The first-order valence-corrected chi connectivity index (χ1v) is 15.3. The third-order valence-corrected chi connectivity index (χ3v) is 8.42. The van der Waals surface area contributed by atoms with Crippen molar-refractivity contribution >= 4 is 39.1 Å². The second kappa shape index (κ2) is 13.8. The summed E-state index contributed by atoms with van der Waals surface area (Å²) in [5.41, 5.74) is 1.48. The molecule has 0 heterocycles. The molecule has 0 bridgehead atoms. The van der Waals surface area contributed by atoms with Crippen molar-refractivity contribution in [1.82, 2.24) is 10.2 Å². The molecule has 38 heavy (non-hydrogen) atoms. The topological polar surface area (TPSA) is 96.0 Å². The molecule has 1 aliphatic carbocycles. The number of nitrogens with one attached hydrogen (secondary N) is 1. The number of methoxy groups -OCH3 is 1. The van der Waals surface area contributed by atoms with Crippen LogP contribution in [0.5, 0.6) is 5.75 Å². The minimum absolute atomic E-state index is 0.0996. The largest absolute Gasteiger partial charge is 0.495 e. The Kier molecular flexibility index (Phi) is 10.8. The van der Waals surface area contributed by atoms with Gasteiger partial charge in [-0.05, 0) is 56.4 Å². The Morgan fingerprint density at radius 3 is 2.39 bits per heavy atom. The molecule has 1 fully saturated rings. The molecule has 1 aliphatic rings. The molecule has 0 saturated heterocycles. The van der Waals surface area contributed by atoms with Crippen LogP contribution in [0.2, 0.25) is 5.02 Å². The van der Waals surface area contributed by atoms with Crippen molar-refractivity contribution in [1.29, 1.82) is 0 Å². The zero-order chi connectivity index (χ0) is 27.7. The van der Waals surface area contributed by atoms with Gasteiger partial charge in [-0.25, -0.2) is 8.42 Å². The Morgan fingerprint density at radius 2 is 1.79 bits per heavy atom. The summed E-state index contributed by atoms with van der Waals surface area (Å²) in [6, 6.07) is 14.1. The molecule has 8 nitrogen and oxygen atoms in total. The lowest BCUT2D eigenvalue weighted by Gasteiger charge is -2.30. The maximum atomic E-state index is 13.4. The molecule has 0 spiro atoms. The number of ether oxygens (including phenoxy) is 1. The number of sulfonamides is 1. The van der Waals surface area contributed by atoms with Crippen LogP contribution in [-0.2, 0) is 26.0 Å². The maximum absolute atomic E-state index is 13.4. The second-order valence-electron chi connectivity index (χ2n) is 9.75. The molecular formula is C28H38ClN3O5S. The molecule has 208 valence electrons. The Labute approximate surface area is 231 Å². The standard InChI is InChI=1S/C28H38ClN3O5S/c1-21(28(34)30-23-12-7-8-13-23)31(19-17-22-10-5-4-6-11-22)27(33)14-9-18-32(38(3,35)36)24-15-16-26(37-2)25(29)20-24/h4-6,10-11,15-16,20-21,23H,7-9,12-14,17-19H2,1-3H3,(H,30,34)/t21-/m0/s1. The van der Waals surface area contributed by atoms with E-state index in [9.17, 15) is 18.0 Å². The van der Waals surface area contributed by atoms with E-state index in [1.807, 2.05) is 30.3 Å². The van der Waals surface area contributed by atoms with Gasteiger partial charge in [0.15, 0.2) is 0 Å². The van der Waals surface area contributed by atoms with Crippen LogP contribution in [0, 0.1) is 0 Å². The summed E-state index contributed by atoms with van der Waals surface area (Å²) in [6.07, 6.45) is 6.26. The van der Waals surface area contributed by atoms with Crippen molar-refractivity contribution in [3.8, 4) is 5.75 Å². The van der Waals surface area contributed by atoms with Gasteiger partial charge in [0.05, 0.1) is 24.1 Å². The lowest BCUT2D eigenvalue weighted by Crippen LogP contribution is -2.50. The van der Waals surface area contributed by atoms with Crippen LogP contribution in [0.15, 0.2) is 48.5 Å². The van der Waals surface area contributed by atoms with Crippen LogP contribution >= 0.6 is 11.6 Å². The van der Waals surface area contributed by atoms with Crippen molar-refractivity contribution in [3.63, 3.8) is 0 Å². The molecule has 2 amide bonds. The molecule has 1 N–H and O–H groups in total. The minimum Gasteiger partial charge on any atom is -0.495 e. The van der Waals surface area contributed by atoms with Gasteiger partial charge in [0.1, 0.15) is 11.8 Å². The fraction of sp³-hybridized carbons (Fsp3) is 0.500. The van der Waals surface area contributed by atoms with Gasteiger partial charge in [-0.15, -0.1) is 0 Å².